The molecule has 0 atom stereocenters. The minimum atomic E-state index is -0.314. The molecule has 0 aliphatic rings. The maximum absolute atomic E-state index is 13.4. The third-order valence-electron chi connectivity index (χ3n) is 5.11. The van der Waals surface area contributed by atoms with E-state index in [0.29, 0.717) is 22.6 Å². The number of unbranched alkanes of at least 4 members (excludes halogenated alkanes) is 4. The van der Waals surface area contributed by atoms with E-state index in [4.69, 9.17) is 4.74 Å². The van der Waals surface area contributed by atoms with E-state index < -0.39 is 0 Å². The first-order valence-electron chi connectivity index (χ1n) is 10.9. The van der Waals surface area contributed by atoms with Crippen LogP contribution in [-0.2, 0) is 0 Å². The van der Waals surface area contributed by atoms with Gasteiger partial charge in [0, 0.05) is 13.1 Å². The molecule has 0 saturated carbocycles. The predicted octanol–water partition coefficient (Wildman–Crippen LogP) is 5.77. The summed E-state index contributed by atoms with van der Waals surface area (Å²) < 4.78 is 5.32. The van der Waals surface area contributed by atoms with Gasteiger partial charge in [-0.05, 0) is 37.1 Å². The highest BCUT2D eigenvalue weighted by molar-refractivity contribution is 6.12. The van der Waals surface area contributed by atoms with Gasteiger partial charge in [0.1, 0.15) is 5.75 Å². The molecule has 0 aliphatic carbocycles. The van der Waals surface area contributed by atoms with Crippen molar-refractivity contribution >= 4 is 17.5 Å². The third-order valence-corrected chi connectivity index (χ3v) is 5.11. The van der Waals surface area contributed by atoms with Crippen molar-refractivity contribution in [3.63, 3.8) is 0 Å². The standard InChI is InChI=1S/C25H34N2O3/c1-4-6-12-18-27(19-13-7-5-2)25(29)21-15-9-8-14-20(21)24(28)26-22-16-10-11-17-23(22)30-3/h8-11,14-17H,4-7,12-13,18-19H2,1-3H3,(H,26,28). The fourth-order valence-electron chi connectivity index (χ4n) is 3.40. The fraction of sp³-hybridized carbons (Fsp3) is 0.440. The summed E-state index contributed by atoms with van der Waals surface area (Å²) in [7, 11) is 1.56. The summed E-state index contributed by atoms with van der Waals surface area (Å²) in [6, 6.07) is 14.3. The molecule has 0 heterocycles. The third kappa shape index (κ3) is 6.61. The second-order valence-corrected chi connectivity index (χ2v) is 7.41. The highest BCUT2D eigenvalue weighted by atomic mass is 16.5. The van der Waals surface area contributed by atoms with Crippen LogP contribution < -0.4 is 10.1 Å². The van der Waals surface area contributed by atoms with Crippen molar-refractivity contribution in [2.45, 2.75) is 52.4 Å². The number of para-hydroxylation sites is 2. The number of carbonyl (C=O) groups excluding carboxylic acids is 2. The number of carbonyl (C=O) groups is 2. The number of benzene rings is 2. The van der Waals surface area contributed by atoms with E-state index in [-0.39, 0.29) is 11.8 Å². The molecule has 1 N–H and O–H groups in total. The van der Waals surface area contributed by atoms with Gasteiger partial charge >= 0.3 is 0 Å². The zero-order chi connectivity index (χ0) is 21.8. The number of ether oxygens (including phenoxy) is 1. The Morgan fingerprint density at radius 3 is 2.00 bits per heavy atom. The molecular weight excluding hydrogens is 376 g/mol. The average molecular weight is 411 g/mol. The quantitative estimate of drug-likeness (QED) is 0.452. The highest BCUT2D eigenvalue weighted by Gasteiger charge is 2.22. The van der Waals surface area contributed by atoms with Crippen molar-refractivity contribution < 1.29 is 14.3 Å². The van der Waals surface area contributed by atoms with Crippen molar-refractivity contribution in [3.8, 4) is 5.75 Å². The van der Waals surface area contributed by atoms with Gasteiger partial charge in [0.05, 0.1) is 23.9 Å². The summed E-state index contributed by atoms with van der Waals surface area (Å²) in [5.41, 5.74) is 1.40. The molecule has 0 fully saturated rings. The Balaban J connectivity index is 2.23. The molecule has 2 amide bonds. The normalized spacial score (nSPS) is 10.5. The lowest BCUT2D eigenvalue weighted by Crippen LogP contribution is -2.34. The molecule has 162 valence electrons. The van der Waals surface area contributed by atoms with Crippen molar-refractivity contribution in [2.24, 2.45) is 0 Å². The van der Waals surface area contributed by atoms with Crippen LogP contribution in [0.5, 0.6) is 5.75 Å². The molecule has 0 radical (unpaired) electrons. The summed E-state index contributed by atoms with van der Waals surface area (Å²) in [4.78, 5) is 28.3. The average Bonchev–Trinajstić information content (AvgIpc) is 2.78. The summed E-state index contributed by atoms with van der Waals surface area (Å²) in [6.07, 6.45) is 6.35. The summed E-state index contributed by atoms with van der Waals surface area (Å²) in [6.45, 7) is 5.75. The number of nitrogens with zero attached hydrogens (tertiary/aromatic N) is 1. The molecule has 0 spiro atoms. The van der Waals surface area contributed by atoms with Crippen molar-refractivity contribution in [1.82, 2.24) is 4.90 Å². The Hall–Kier alpha value is -2.82. The molecule has 2 aromatic rings. The van der Waals surface area contributed by atoms with Gasteiger partial charge in [0.15, 0.2) is 0 Å². The summed E-state index contributed by atoms with van der Waals surface area (Å²) >= 11 is 0. The first-order chi connectivity index (χ1) is 14.6. The Morgan fingerprint density at radius 1 is 0.833 bits per heavy atom. The molecule has 2 aromatic carbocycles. The van der Waals surface area contributed by atoms with Gasteiger partial charge in [-0.15, -0.1) is 0 Å². The maximum Gasteiger partial charge on any atom is 0.256 e. The van der Waals surface area contributed by atoms with E-state index in [1.54, 1.807) is 37.4 Å². The number of amides is 2. The van der Waals surface area contributed by atoms with Crippen LogP contribution in [0.15, 0.2) is 48.5 Å². The second kappa shape index (κ2) is 12.7. The zero-order valence-corrected chi connectivity index (χ0v) is 18.4. The Morgan fingerprint density at radius 2 is 1.40 bits per heavy atom. The smallest absolute Gasteiger partial charge is 0.256 e. The minimum Gasteiger partial charge on any atom is -0.495 e. The van der Waals surface area contributed by atoms with E-state index in [0.717, 1.165) is 51.6 Å². The van der Waals surface area contributed by atoms with Crippen molar-refractivity contribution in [3.05, 3.63) is 59.7 Å². The molecule has 2 rings (SSSR count). The van der Waals surface area contributed by atoms with Gasteiger partial charge in [-0.3, -0.25) is 9.59 Å². The molecule has 5 heteroatoms. The van der Waals surface area contributed by atoms with Gasteiger partial charge < -0.3 is 15.0 Å². The first-order valence-corrected chi connectivity index (χ1v) is 10.9. The maximum atomic E-state index is 13.4. The van der Waals surface area contributed by atoms with Crippen LogP contribution >= 0.6 is 0 Å². The van der Waals surface area contributed by atoms with Crippen LogP contribution in [0.2, 0.25) is 0 Å². The van der Waals surface area contributed by atoms with Crippen LogP contribution in [0.4, 0.5) is 5.69 Å². The number of methoxy groups -OCH3 is 1. The van der Waals surface area contributed by atoms with Gasteiger partial charge in [0.25, 0.3) is 11.8 Å². The number of nitrogens with one attached hydrogen (secondary N) is 1. The molecule has 0 unspecified atom stereocenters. The lowest BCUT2D eigenvalue weighted by molar-refractivity contribution is 0.0745. The Kier molecular flexibility index (Phi) is 9.92. The van der Waals surface area contributed by atoms with E-state index in [1.807, 2.05) is 23.1 Å². The molecule has 0 aromatic heterocycles. The van der Waals surface area contributed by atoms with E-state index in [1.165, 1.54) is 0 Å². The second-order valence-electron chi connectivity index (χ2n) is 7.41. The van der Waals surface area contributed by atoms with Crippen LogP contribution in [-0.4, -0.2) is 36.9 Å². The topological polar surface area (TPSA) is 58.6 Å². The van der Waals surface area contributed by atoms with Crippen molar-refractivity contribution in [2.75, 3.05) is 25.5 Å². The molecule has 0 aliphatic heterocycles. The lowest BCUT2D eigenvalue weighted by atomic mass is 10.0. The van der Waals surface area contributed by atoms with Crippen LogP contribution in [0.3, 0.4) is 0 Å². The van der Waals surface area contributed by atoms with Crippen molar-refractivity contribution in [1.29, 1.82) is 0 Å². The van der Waals surface area contributed by atoms with Gasteiger partial charge in [-0.25, -0.2) is 0 Å². The SMILES string of the molecule is CCCCCN(CCCCC)C(=O)c1ccccc1C(=O)Nc1ccccc1OC. The molecule has 5 nitrogen and oxygen atoms in total. The monoisotopic (exact) mass is 410 g/mol. The summed E-state index contributed by atoms with van der Waals surface area (Å²) in [5, 5.41) is 2.88. The van der Waals surface area contributed by atoms with Crippen LogP contribution in [0.1, 0.15) is 73.1 Å². The van der Waals surface area contributed by atoms with E-state index >= 15 is 0 Å². The Labute approximate surface area is 180 Å². The number of hydrogen-bond acceptors (Lipinski definition) is 3. The van der Waals surface area contributed by atoms with Gasteiger partial charge in [0.2, 0.25) is 0 Å². The Bertz CT molecular complexity index is 810. The van der Waals surface area contributed by atoms with E-state index in [2.05, 4.69) is 19.2 Å². The zero-order valence-electron chi connectivity index (χ0n) is 18.4. The number of anilines is 1. The van der Waals surface area contributed by atoms with E-state index in [9.17, 15) is 9.59 Å². The predicted molar refractivity (Wildman–Crippen MR) is 122 cm³/mol. The molecular formula is C25H34N2O3. The van der Waals surface area contributed by atoms with Gasteiger partial charge in [-0.1, -0.05) is 63.8 Å². The van der Waals surface area contributed by atoms with Gasteiger partial charge in [-0.2, -0.15) is 0 Å². The summed E-state index contributed by atoms with van der Waals surface area (Å²) in [5.74, 6) is 0.189. The lowest BCUT2D eigenvalue weighted by Gasteiger charge is -2.24. The fourth-order valence-corrected chi connectivity index (χ4v) is 3.40. The van der Waals surface area contributed by atoms with Crippen LogP contribution in [0.25, 0.3) is 0 Å². The number of hydrogen-bond donors (Lipinski definition) is 1. The first kappa shape index (κ1) is 23.5. The van der Waals surface area contributed by atoms with Crippen LogP contribution in [0, 0.1) is 0 Å². The largest absolute Gasteiger partial charge is 0.495 e. The molecule has 0 saturated heterocycles. The minimum absolute atomic E-state index is 0.0759. The molecule has 0 bridgehead atoms. The molecule has 30 heavy (non-hydrogen) atoms. The number of rotatable bonds is 12. The highest BCUT2D eigenvalue weighted by Crippen LogP contribution is 2.24.